The summed E-state index contributed by atoms with van der Waals surface area (Å²) in [6.07, 6.45) is 0. The van der Waals surface area contributed by atoms with Crippen LogP contribution in [0.2, 0.25) is 0 Å². The lowest BCUT2D eigenvalue weighted by Crippen LogP contribution is -2.12. The molecule has 0 heterocycles. The van der Waals surface area contributed by atoms with Gasteiger partial charge in [-0.3, -0.25) is 4.79 Å². The number of nitrogens with one attached hydrogen (secondary N) is 1. The summed E-state index contributed by atoms with van der Waals surface area (Å²) in [5.41, 5.74) is 6.57. The van der Waals surface area contributed by atoms with E-state index in [0.717, 1.165) is 4.47 Å². The molecule has 0 aliphatic rings. The van der Waals surface area contributed by atoms with Crippen LogP contribution in [0.15, 0.2) is 46.9 Å². The van der Waals surface area contributed by atoms with E-state index in [-0.39, 0.29) is 11.6 Å². The van der Waals surface area contributed by atoms with Gasteiger partial charge < -0.3 is 11.1 Å². The number of nitrogens with two attached hydrogens (primary N) is 1. The molecule has 2 aromatic rings. The molecule has 2 rings (SSSR count). The van der Waals surface area contributed by atoms with Gasteiger partial charge >= 0.3 is 0 Å². The van der Waals surface area contributed by atoms with Gasteiger partial charge in [0, 0.05) is 21.4 Å². The third kappa shape index (κ3) is 3.07. The SMILES string of the molecule is Nc1cc(F)cc(NC(=O)c2cccc(Br)c2)c1. The van der Waals surface area contributed by atoms with Gasteiger partial charge in [-0.2, -0.15) is 0 Å². The molecule has 2 aromatic carbocycles. The van der Waals surface area contributed by atoms with Crippen LogP contribution in [0.4, 0.5) is 15.8 Å². The summed E-state index contributed by atoms with van der Waals surface area (Å²) in [6.45, 7) is 0. The Hall–Kier alpha value is -1.88. The van der Waals surface area contributed by atoms with Crippen molar-refractivity contribution in [1.29, 1.82) is 0 Å². The predicted octanol–water partition coefficient (Wildman–Crippen LogP) is 3.42. The topological polar surface area (TPSA) is 55.1 Å². The van der Waals surface area contributed by atoms with Crippen molar-refractivity contribution in [3.8, 4) is 0 Å². The Morgan fingerprint density at radius 3 is 2.67 bits per heavy atom. The molecule has 0 radical (unpaired) electrons. The molecular formula is C13H10BrFN2O. The Balaban J connectivity index is 2.21. The van der Waals surface area contributed by atoms with Crippen LogP contribution in [0.3, 0.4) is 0 Å². The minimum Gasteiger partial charge on any atom is -0.399 e. The Bertz CT molecular complexity index is 581. The number of carbonyl (C=O) groups excluding carboxylic acids is 1. The Morgan fingerprint density at radius 1 is 1.22 bits per heavy atom. The van der Waals surface area contributed by atoms with E-state index in [2.05, 4.69) is 21.2 Å². The lowest BCUT2D eigenvalue weighted by atomic mass is 10.2. The van der Waals surface area contributed by atoms with Crippen LogP contribution >= 0.6 is 15.9 Å². The predicted molar refractivity (Wildman–Crippen MR) is 72.9 cm³/mol. The maximum Gasteiger partial charge on any atom is 0.255 e. The minimum absolute atomic E-state index is 0.263. The van der Waals surface area contributed by atoms with Crippen LogP contribution in [0.5, 0.6) is 0 Å². The van der Waals surface area contributed by atoms with Gasteiger partial charge in [-0.1, -0.05) is 22.0 Å². The number of benzene rings is 2. The monoisotopic (exact) mass is 308 g/mol. The zero-order valence-electron chi connectivity index (χ0n) is 9.28. The second-order valence-corrected chi connectivity index (χ2v) is 4.65. The summed E-state index contributed by atoms with van der Waals surface area (Å²) in [5, 5.41) is 2.59. The number of amides is 1. The van der Waals surface area contributed by atoms with E-state index in [1.807, 2.05) is 6.07 Å². The van der Waals surface area contributed by atoms with Crippen LogP contribution in [0.1, 0.15) is 10.4 Å². The molecule has 0 bridgehead atoms. The fourth-order valence-corrected chi connectivity index (χ4v) is 1.92. The standard InChI is InChI=1S/C13H10BrFN2O/c14-9-3-1-2-8(4-9)13(18)17-12-6-10(15)5-11(16)7-12/h1-7H,16H2,(H,17,18). The third-order valence-electron chi connectivity index (χ3n) is 2.26. The van der Waals surface area contributed by atoms with Gasteiger partial charge in [-0.25, -0.2) is 4.39 Å². The number of rotatable bonds is 2. The summed E-state index contributed by atoms with van der Waals surface area (Å²) in [7, 11) is 0. The first kappa shape index (κ1) is 12.6. The van der Waals surface area contributed by atoms with E-state index in [9.17, 15) is 9.18 Å². The largest absolute Gasteiger partial charge is 0.399 e. The molecule has 18 heavy (non-hydrogen) atoms. The Labute approximate surface area is 112 Å². The first-order valence-corrected chi connectivity index (χ1v) is 5.97. The van der Waals surface area contributed by atoms with Crippen molar-refractivity contribution in [2.45, 2.75) is 0 Å². The quantitative estimate of drug-likeness (QED) is 0.835. The molecule has 0 spiro atoms. The minimum atomic E-state index is -0.487. The fourth-order valence-electron chi connectivity index (χ4n) is 1.52. The molecule has 1 amide bonds. The van der Waals surface area contributed by atoms with Gasteiger partial charge in [0.15, 0.2) is 0 Å². The highest BCUT2D eigenvalue weighted by Crippen LogP contribution is 2.17. The lowest BCUT2D eigenvalue weighted by Gasteiger charge is -2.06. The van der Waals surface area contributed by atoms with Crippen LogP contribution < -0.4 is 11.1 Å². The van der Waals surface area contributed by atoms with Gasteiger partial charge in [0.1, 0.15) is 5.82 Å². The van der Waals surface area contributed by atoms with Crippen molar-refractivity contribution in [2.24, 2.45) is 0 Å². The number of carbonyl (C=O) groups is 1. The number of nitrogen functional groups attached to an aromatic ring is 1. The van der Waals surface area contributed by atoms with Crippen molar-refractivity contribution >= 4 is 33.2 Å². The van der Waals surface area contributed by atoms with E-state index in [1.165, 1.54) is 18.2 Å². The highest BCUT2D eigenvalue weighted by Gasteiger charge is 2.07. The molecule has 92 valence electrons. The van der Waals surface area contributed by atoms with Crippen molar-refractivity contribution in [1.82, 2.24) is 0 Å². The number of halogens is 2. The molecule has 3 nitrogen and oxygen atoms in total. The Kier molecular flexibility index (Phi) is 3.62. The summed E-state index contributed by atoms with van der Waals surface area (Å²) >= 11 is 3.28. The fraction of sp³-hybridized carbons (Fsp3) is 0. The van der Waals surface area contributed by atoms with Gasteiger partial charge in [-0.15, -0.1) is 0 Å². The number of hydrogen-bond acceptors (Lipinski definition) is 2. The van der Waals surface area contributed by atoms with Crippen LogP contribution in [-0.2, 0) is 0 Å². The van der Waals surface area contributed by atoms with E-state index in [1.54, 1.807) is 18.2 Å². The van der Waals surface area contributed by atoms with Crippen molar-refractivity contribution < 1.29 is 9.18 Å². The molecule has 0 aromatic heterocycles. The van der Waals surface area contributed by atoms with Crippen molar-refractivity contribution in [3.05, 3.63) is 58.3 Å². The zero-order chi connectivity index (χ0) is 13.1. The molecule has 5 heteroatoms. The van der Waals surface area contributed by atoms with Crippen molar-refractivity contribution in [2.75, 3.05) is 11.1 Å². The van der Waals surface area contributed by atoms with E-state index >= 15 is 0 Å². The Morgan fingerprint density at radius 2 is 2.00 bits per heavy atom. The maximum atomic E-state index is 13.1. The third-order valence-corrected chi connectivity index (χ3v) is 2.76. The second-order valence-electron chi connectivity index (χ2n) is 3.74. The smallest absolute Gasteiger partial charge is 0.255 e. The van der Waals surface area contributed by atoms with Gasteiger partial charge in [-0.05, 0) is 36.4 Å². The molecule has 0 atom stereocenters. The summed E-state index contributed by atoms with van der Waals surface area (Å²) < 4.78 is 13.9. The molecule has 0 saturated carbocycles. The molecular weight excluding hydrogens is 299 g/mol. The lowest BCUT2D eigenvalue weighted by molar-refractivity contribution is 0.102. The molecule has 0 fully saturated rings. The average molecular weight is 309 g/mol. The first-order chi connectivity index (χ1) is 8.54. The van der Waals surface area contributed by atoms with Crippen molar-refractivity contribution in [3.63, 3.8) is 0 Å². The van der Waals surface area contributed by atoms with Gasteiger partial charge in [0.05, 0.1) is 0 Å². The van der Waals surface area contributed by atoms with Gasteiger partial charge in [0.2, 0.25) is 0 Å². The molecule has 0 aliphatic carbocycles. The number of hydrogen-bond donors (Lipinski definition) is 2. The molecule has 0 unspecified atom stereocenters. The summed E-state index contributed by atoms with van der Waals surface area (Å²) in [5.74, 6) is -0.805. The van der Waals surface area contributed by atoms with E-state index in [4.69, 9.17) is 5.73 Å². The average Bonchev–Trinajstić information content (AvgIpc) is 2.27. The molecule has 0 aliphatic heterocycles. The van der Waals surface area contributed by atoms with Crippen LogP contribution in [0, 0.1) is 5.82 Å². The molecule has 0 saturated heterocycles. The summed E-state index contributed by atoms with van der Waals surface area (Å²) in [4.78, 5) is 11.9. The molecule has 3 N–H and O–H groups in total. The van der Waals surface area contributed by atoms with E-state index in [0.29, 0.717) is 11.3 Å². The highest BCUT2D eigenvalue weighted by molar-refractivity contribution is 9.10. The first-order valence-electron chi connectivity index (χ1n) is 5.17. The highest BCUT2D eigenvalue weighted by atomic mass is 79.9. The van der Waals surface area contributed by atoms with E-state index < -0.39 is 5.82 Å². The van der Waals surface area contributed by atoms with Gasteiger partial charge in [0.25, 0.3) is 5.91 Å². The van der Waals surface area contributed by atoms with Crippen LogP contribution in [-0.4, -0.2) is 5.91 Å². The number of anilines is 2. The zero-order valence-corrected chi connectivity index (χ0v) is 10.9. The summed E-state index contributed by atoms with van der Waals surface area (Å²) in [6, 6.07) is 10.8. The maximum absolute atomic E-state index is 13.1. The normalized spacial score (nSPS) is 10.1. The second kappa shape index (κ2) is 5.18. The van der Waals surface area contributed by atoms with Crippen LogP contribution in [0.25, 0.3) is 0 Å².